The molecule has 0 aliphatic heterocycles. The van der Waals surface area contributed by atoms with Gasteiger partial charge in [0.2, 0.25) is 5.91 Å². The van der Waals surface area contributed by atoms with Crippen LogP contribution in [0.25, 0.3) is 0 Å². The molecule has 0 radical (unpaired) electrons. The first-order chi connectivity index (χ1) is 9.15. The van der Waals surface area contributed by atoms with Gasteiger partial charge in [0.1, 0.15) is 0 Å². The zero-order valence-corrected chi connectivity index (χ0v) is 12.6. The molecule has 19 heavy (non-hydrogen) atoms. The number of rotatable bonds is 8. The Kier molecular flexibility index (Phi) is 7.94. The molecule has 1 unspecified atom stereocenters. The van der Waals surface area contributed by atoms with Crippen LogP contribution in [0.1, 0.15) is 26.2 Å². The van der Waals surface area contributed by atoms with E-state index in [4.69, 9.17) is 16.7 Å². The van der Waals surface area contributed by atoms with E-state index in [1.807, 2.05) is 31.2 Å². The first kappa shape index (κ1) is 16.3. The quantitative estimate of drug-likeness (QED) is 0.573. The molecule has 106 valence electrons. The highest BCUT2D eigenvalue weighted by molar-refractivity contribution is 7.99. The van der Waals surface area contributed by atoms with Crippen LogP contribution in [0.4, 0.5) is 0 Å². The van der Waals surface area contributed by atoms with Crippen molar-refractivity contribution in [3.05, 3.63) is 29.3 Å². The number of thioether (sulfide) groups is 1. The van der Waals surface area contributed by atoms with Gasteiger partial charge >= 0.3 is 0 Å². The van der Waals surface area contributed by atoms with Crippen molar-refractivity contribution < 1.29 is 9.90 Å². The Morgan fingerprint density at radius 2 is 2.11 bits per heavy atom. The molecule has 1 rings (SSSR count). The van der Waals surface area contributed by atoms with Gasteiger partial charge < -0.3 is 10.4 Å². The van der Waals surface area contributed by atoms with Crippen molar-refractivity contribution in [1.29, 1.82) is 0 Å². The molecule has 2 N–H and O–H groups in total. The predicted octanol–water partition coefficient (Wildman–Crippen LogP) is 3.10. The van der Waals surface area contributed by atoms with Gasteiger partial charge in [-0.2, -0.15) is 0 Å². The molecule has 0 bridgehead atoms. The molecule has 0 spiro atoms. The van der Waals surface area contributed by atoms with Gasteiger partial charge in [0.25, 0.3) is 0 Å². The average molecular weight is 302 g/mol. The van der Waals surface area contributed by atoms with Crippen LogP contribution in [-0.2, 0) is 4.79 Å². The fraction of sp³-hybridized carbons (Fsp3) is 0.500. The number of carbonyl (C=O) groups is 1. The van der Waals surface area contributed by atoms with Crippen LogP contribution in [0, 0.1) is 0 Å². The van der Waals surface area contributed by atoms with E-state index in [-0.39, 0.29) is 18.6 Å². The fourth-order valence-electron chi connectivity index (χ4n) is 1.53. The summed E-state index contributed by atoms with van der Waals surface area (Å²) in [6.07, 6.45) is 2.07. The van der Waals surface area contributed by atoms with Crippen LogP contribution < -0.4 is 5.32 Å². The van der Waals surface area contributed by atoms with Crippen LogP contribution in [0.3, 0.4) is 0 Å². The van der Waals surface area contributed by atoms with E-state index >= 15 is 0 Å². The molecule has 1 aromatic rings. The van der Waals surface area contributed by atoms with Crippen LogP contribution in [0.15, 0.2) is 29.2 Å². The summed E-state index contributed by atoms with van der Waals surface area (Å²) in [6, 6.07) is 7.57. The fourth-order valence-corrected chi connectivity index (χ4v) is 2.51. The third-order valence-corrected chi connectivity index (χ3v) is 4.06. The van der Waals surface area contributed by atoms with E-state index in [0.717, 1.165) is 28.5 Å². The van der Waals surface area contributed by atoms with Crippen molar-refractivity contribution in [3.8, 4) is 0 Å². The Morgan fingerprint density at radius 1 is 1.42 bits per heavy atom. The van der Waals surface area contributed by atoms with E-state index in [1.54, 1.807) is 11.8 Å². The minimum atomic E-state index is -0.114. The minimum Gasteiger partial charge on any atom is -0.394 e. The first-order valence-electron chi connectivity index (χ1n) is 6.44. The Bertz CT molecular complexity index is 380. The summed E-state index contributed by atoms with van der Waals surface area (Å²) in [5.41, 5.74) is 0. The molecule has 5 heteroatoms. The molecular formula is C14H20ClNO2S. The Hall–Kier alpha value is -0.710. The van der Waals surface area contributed by atoms with Gasteiger partial charge in [-0.05, 0) is 42.9 Å². The van der Waals surface area contributed by atoms with Crippen molar-refractivity contribution in [2.24, 2.45) is 0 Å². The molecule has 0 aromatic heterocycles. The second kappa shape index (κ2) is 9.23. The smallest absolute Gasteiger partial charge is 0.220 e. The van der Waals surface area contributed by atoms with Gasteiger partial charge in [0, 0.05) is 16.3 Å². The minimum absolute atomic E-state index is 0.00175. The third-order valence-electron chi connectivity index (χ3n) is 2.71. The Morgan fingerprint density at radius 3 is 2.68 bits per heavy atom. The summed E-state index contributed by atoms with van der Waals surface area (Å²) in [5, 5.41) is 12.5. The maximum absolute atomic E-state index is 11.6. The van der Waals surface area contributed by atoms with E-state index < -0.39 is 0 Å². The SMILES string of the molecule is CCC(CO)NC(=O)CCCSc1ccc(Cl)cc1. The van der Waals surface area contributed by atoms with Gasteiger partial charge in [-0.1, -0.05) is 18.5 Å². The topological polar surface area (TPSA) is 49.3 Å². The zero-order valence-electron chi connectivity index (χ0n) is 11.1. The first-order valence-corrected chi connectivity index (χ1v) is 7.80. The van der Waals surface area contributed by atoms with Crippen LogP contribution in [0.2, 0.25) is 5.02 Å². The number of benzene rings is 1. The number of amides is 1. The molecule has 0 fully saturated rings. The molecular weight excluding hydrogens is 282 g/mol. The largest absolute Gasteiger partial charge is 0.394 e. The number of nitrogens with one attached hydrogen (secondary N) is 1. The van der Waals surface area contributed by atoms with Gasteiger partial charge in [-0.3, -0.25) is 4.79 Å². The third kappa shape index (κ3) is 6.85. The zero-order chi connectivity index (χ0) is 14.1. The van der Waals surface area contributed by atoms with Gasteiger partial charge in [0.15, 0.2) is 0 Å². The van der Waals surface area contributed by atoms with Crippen molar-refractivity contribution in [2.45, 2.75) is 37.1 Å². The molecule has 0 aliphatic carbocycles. The van der Waals surface area contributed by atoms with E-state index in [0.29, 0.717) is 6.42 Å². The van der Waals surface area contributed by atoms with E-state index in [2.05, 4.69) is 5.32 Å². The van der Waals surface area contributed by atoms with Crippen LogP contribution >= 0.6 is 23.4 Å². The average Bonchev–Trinajstić information content (AvgIpc) is 2.43. The van der Waals surface area contributed by atoms with E-state index in [1.165, 1.54) is 0 Å². The summed E-state index contributed by atoms with van der Waals surface area (Å²) in [6.45, 7) is 1.94. The predicted molar refractivity (Wildman–Crippen MR) is 80.7 cm³/mol. The highest BCUT2D eigenvalue weighted by atomic mass is 35.5. The summed E-state index contributed by atoms with van der Waals surface area (Å²) >= 11 is 7.52. The lowest BCUT2D eigenvalue weighted by molar-refractivity contribution is -0.122. The summed E-state index contributed by atoms with van der Waals surface area (Å²) in [7, 11) is 0. The normalized spacial score (nSPS) is 12.2. The van der Waals surface area contributed by atoms with E-state index in [9.17, 15) is 4.79 Å². The molecule has 0 saturated carbocycles. The van der Waals surface area contributed by atoms with Gasteiger partial charge in [-0.15, -0.1) is 11.8 Å². The summed E-state index contributed by atoms with van der Waals surface area (Å²) in [4.78, 5) is 12.7. The number of aliphatic hydroxyl groups is 1. The Labute approximate surface area is 123 Å². The lowest BCUT2D eigenvalue weighted by Gasteiger charge is -2.13. The van der Waals surface area contributed by atoms with Crippen molar-refractivity contribution >= 4 is 29.3 Å². The molecule has 0 aliphatic rings. The standard InChI is InChI=1S/C14H20ClNO2S/c1-2-12(10-17)16-14(18)4-3-9-19-13-7-5-11(15)6-8-13/h5-8,12,17H,2-4,9-10H2,1H3,(H,16,18). The highest BCUT2D eigenvalue weighted by Gasteiger charge is 2.08. The van der Waals surface area contributed by atoms with Crippen molar-refractivity contribution in [2.75, 3.05) is 12.4 Å². The molecule has 0 heterocycles. The Balaban J connectivity index is 2.16. The second-order valence-electron chi connectivity index (χ2n) is 4.26. The monoisotopic (exact) mass is 301 g/mol. The number of hydrogen-bond donors (Lipinski definition) is 2. The van der Waals surface area contributed by atoms with Gasteiger partial charge in [0.05, 0.1) is 12.6 Å². The number of halogens is 1. The maximum atomic E-state index is 11.6. The second-order valence-corrected chi connectivity index (χ2v) is 5.87. The highest BCUT2D eigenvalue weighted by Crippen LogP contribution is 2.21. The van der Waals surface area contributed by atoms with Crippen molar-refractivity contribution in [3.63, 3.8) is 0 Å². The molecule has 1 amide bonds. The number of carbonyl (C=O) groups excluding carboxylic acids is 1. The maximum Gasteiger partial charge on any atom is 0.220 e. The van der Waals surface area contributed by atoms with Crippen LogP contribution in [-0.4, -0.2) is 29.4 Å². The summed E-state index contributed by atoms with van der Waals surface area (Å²) < 4.78 is 0. The number of aliphatic hydroxyl groups excluding tert-OH is 1. The summed E-state index contributed by atoms with van der Waals surface area (Å²) in [5.74, 6) is 0.905. The molecule has 3 nitrogen and oxygen atoms in total. The molecule has 1 aromatic carbocycles. The van der Waals surface area contributed by atoms with Gasteiger partial charge in [-0.25, -0.2) is 0 Å². The molecule has 1 atom stereocenters. The number of hydrogen-bond acceptors (Lipinski definition) is 3. The van der Waals surface area contributed by atoms with Crippen molar-refractivity contribution in [1.82, 2.24) is 5.32 Å². The lowest BCUT2D eigenvalue weighted by Crippen LogP contribution is -2.36. The lowest BCUT2D eigenvalue weighted by atomic mass is 10.2. The van der Waals surface area contributed by atoms with Crippen LogP contribution in [0.5, 0.6) is 0 Å². The molecule has 0 saturated heterocycles.